The minimum atomic E-state index is -0.110. The molecule has 0 fully saturated rings. The van der Waals surface area contributed by atoms with E-state index in [1.807, 2.05) is 0 Å². The summed E-state index contributed by atoms with van der Waals surface area (Å²) >= 11 is 0. The summed E-state index contributed by atoms with van der Waals surface area (Å²) in [5.41, 5.74) is -0.110. The first kappa shape index (κ1) is 11.8. The Hall–Kier alpha value is -1.32. The van der Waals surface area contributed by atoms with Gasteiger partial charge in [0.2, 0.25) is 0 Å². The van der Waals surface area contributed by atoms with Crippen LogP contribution in [0.1, 0.15) is 33.0 Å². The summed E-state index contributed by atoms with van der Waals surface area (Å²) in [7, 11) is 0. The number of H-pyrrole nitrogens is 1. The van der Waals surface area contributed by atoms with Crippen molar-refractivity contribution in [2.75, 3.05) is 5.32 Å². The van der Waals surface area contributed by atoms with Gasteiger partial charge in [0.15, 0.2) is 0 Å². The topological polar surface area (TPSA) is 57.8 Å². The summed E-state index contributed by atoms with van der Waals surface area (Å²) in [4.78, 5) is 18.0. The number of nitrogens with one attached hydrogen (secondary N) is 2. The van der Waals surface area contributed by atoms with Crippen molar-refractivity contribution in [3.05, 3.63) is 22.2 Å². The highest BCUT2D eigenvalue weighted by atomic mass is 16.1. The lowest BCUT2D eigenvalue weighted by Crippen LogP contribution is -2.25. The maximum Gasteiger partial charge on any atom is 0.252 e. The second kappa shape index (κ2) is 4.96. The van der Waals surface area contributed by atoms with Crippen molar-refractivity contribution in [3.8, 4) is 0 Å². The van der Waals surface area contributed by atoms with E-state index in [0.29, 0.717) is 23.6 Å². The number of nitrogens with zero attached hydrogens (tertiary/aromatic N) is 1. The number of hydrogen-bond acceptors (Lipinski definition) is 3. The Morgan fingerprint density at radius 3 is 2.73 bits per heavy atom. The first-order valence-electron chi connectivity index (χ1n) is 5.37. The zero-order chi connectivity index (χ0) is 11.4. The normalized spacial score (nSPS) is 14.7. The third-order valence-corrected chi connectivity index (χ3v) is 2.73. The first-order chi connectivity index (χ1) is 7.02. The molecule has 1 heterocycles. The Morgan fingerprint density at radius 1 is 1.53 bits per heavy atom. The molecule has 0 bridgehead atoms. The molecule has 2 unspecified atom stereocenters. The van der Waals surface area contributed by atoms with Crippen LogP contribution in [0.25, 0.3) is 0 Å². The highest BCUT2D eigenvalue weighted by Crippen LogP contribution is 2.11. The predicted octanol–water partition coefficient (Wildman–Crippen LogP) is 1.92. The highest BCUT2D eigenvalue weighted by molar-refractivity contribution is 5.34. The molecule has 1 aromatic heterocycles. The third-order valence-electron chi connectivity index (χ3n) is 2.73. The van der Waals surface area contributed by atoms with Crippen molar-refractivity contribution < 1.29 is 0 Å². The Kier molecular flexibility index (Phi) is 3.88. The average molecular weight is 209 g/mol. The number of hydrogen-bond donors (Lipinski definition) is 2. The van der Waals surface area contributed by atoms with Crippen LogP contribution in [-0.4, -0.2) is 16.0 Å². The molecule has 0 saturated carbocycles. The lowest BCUT2D eigenvalue weighted by molar-refractivity contribution is 0.493. The van der Waals surface area contributed by atoms with Gasteiger partial charge in [-0.15, -0.1) is 0 Å². The Bertz CT molecular complexity index is 372. The van der Waals surface area contributed by atoms with Gasteiger partial charge < -0.3 is 10.3 Å². The fourth-order valence-electron chi connectivity index (χ4n) is 1.38. The summed E-state index contributed by atoms with van der Waals surface area (Å²) in [6.45, 7) is 8.21. The van der Waals surface area contributed by atoms with Crippen LogP contribution in [0.5, 0.6) is 0 Å². The fraction of sp³-hybridized carbons (Fsp3) is 0.636. The van der Waals surface area contributed by atoms with Crippen molar-refractivity contribution in [3.63, 3.8) is 0 Å². The van der Waals surface area contributed by atoms with Crippen LogP contribution < -0.4 is 10.9 Å². The van der Waals surface area contributed by atoms with E-state index in [2.05, 4.69) is 36.1 Å². The Balaban J connectivity index is 2.76. The maximum atomic E-state index is 11.2. The predicted molar refractivity (Wildman–Crippen MR) is 62.1 cm³/mol. The maximum absolute atomic E-state index is 11.2. The van der Waals surface area contributed by atoms with Gasteiger partial charge in [0.05, 0.1) is 0 Å². The molecule has 0 amide bonds. The molecule has 0 spiro atoms. The van der Waals surface area contributed by atoms with Crippen LogP contribution in [0.15, 0.2) is 10.9 Å². The molecule has 0 aliphatic heterocycles. The van der Waals surface area contributed by atoms with Crippen molar-refractivity contribution in [1.82, 2.24) is 9.97 Å². The summed E-state index contributed by atoms with van der Waals surface area (Å²) in [6, 6.07) is 1.81. The molecule has 0 saturated heterocycles. The van der Waals surface area contributed by atoms with Crippen molar-refractivity contribution in [2.45, 2.75) is 40.2 Å². The number of aromatic amines is 1. The fourth-order valence-corrected chi connectivity index (χ4v) is 1.38. The molecule has 84 valence electrons. The van der Waals surface area contributed by atoms with Crippen LogP contribution in [0.4, 0.5) is 5.82 Å². The van der Waals surface area contributed by atoms with Gasteiger partial charge >= 0.3 is 0 Å². The lowest BCUT2D eigenvalue weighted by atomic mass is 10.0. The number of aromatic nitrogens is 2. The van der Waals surface area contributed by atoms with Gasteiger partial charge in [-0.05, 0) is 19.8 Å². The molecule has 2 atom stereocenters. The quantitative estimate of drug-likeness (QED) is 0.796. The van der Waals surface area contributed by atoms with E-state index in [0.717, 1.165) is 6.42 Å². The molecule has 2 N–H and O–H groups in total. The SMILES string of the molecule is CCC(C)C(C)Nc1cc(=O)[nH]c(C)n1. The van der Waals surface area contributed by atoms with Crippen LogP contribution in [-0.2, 0) is 0 Å². The zero-order valence-corrected chi connectivity index (χ0v) is 9.79. The highest BCUT2D eigenvalue weighted by Gasteiger charge is 2.10. The van der Waals surface area contributed by atoms with E-state index in [1.165, 1.54) is 6.07 Å². The second-order valence-corrected chi connectivity index (χ2v) is 4.03. The molecule has 4 nitrogen and oxygen atoms in total. The molecule has 15 heavy (non-hydrogen) atoms. The number of anilines is 1. The molecular formula is C11H19N3O. The van der Waals surface area contributed by atoms with Gasteiger partial charge in [-0.1, -0.05) is 20.3 Å². The minimum Gasteiger partial charge on any atom is -0.367 e. The van der Waals surface area contributed by atoms with Gasteiger partial charge in [0.25, 0.3) is 5.56 Å². The summed E-state index contributed by atoms with van der Waals surface area (Å²) in [5.74, 6) is 1.86. The molecule has 1 aromatic rings. The summed E-state index contributed by atoms with van der Waals surface area (Å²) in [6.07, 6.45) is 1.11. The van der Waals surface area contributed by atoms with Gasteiger partial charge in [-0.25, -0.2) is 4.98 Å². The summed E-state index contributed by atoms with van der Waals surface area (Å²) in [5, 5.41) is 3.24. The van der Waals surface area contributed by atoms with E-state index in [4.69, 9.17) is 0 Å². The Morgan fingerprint density at radius 2 is 2.20 bits per heavy atom. The molecule has 1 rings (SSSR count). The smallest absolute Gasteiger partial charge is 0.252 e. The van der Waals surface area contributed by atoms with E-state index < -0.39 is 0 Å². The van der Waals surface area contributed by atoms with Crippen molar-refractivity contribution >= 4 is 5.82 Å². The molecule has 0 aliphatic carbocycles. The largest absolute Gasteiger partial charge is 0.367 e. The second-order valence-electron chi connectivity index (χ2n) is 4.03. The molecule has 4 heteroatoms. The van der Waals surface area contributed by atoms with E-state index >= 15 is 0 Å². The van der Waals surface area contributed by atoms with Gasteiger partial charge in [-0.3, -0.25) is 4.79 Å². The van der Waals surface area contributed by atoms with Crippen LogP contribution in [0.3, 0.4) is 0 Å². The van der Waals surface area contributed by atoms with Gasteiger partial charge in [-0.2, -0.15) is 0 Å². The number of rotatable bonds is 4. The summed E-state index contributed by atoms with van der Waals surface area (Å²) < 4.78 is 0. The Labute approximate surface area is 90.1 Å². The third kappa shape index (κ3) is 3.38. The molecular weight excluding hydrogens is 190 g/mol. The average Bonchev–Trinajstić information content (AvgIpc) is 2.14. The van der Waals surface area contributed by atoms with Crippen molar-refractivity contribution in [2.24, 2.45) is 5.92 Å². The molecule has 0 aliphatic rings. The van der Waals surface area contributed by atoms with E-state index in [-0.39, 0.29) is 5.56 Å². The van der Waals surface area contributed by atoms with E-state index in [1.54, 1.807) is 6.92 Å². The standard InChI is InChI=1S/C11H19N3O/c1-5-7(2)8(3)12-10-6-11(15)14-9(4)13-10/h6-8H,5H2,1-4H3,(H2,12,13,14,15). The first-order valence-corrected chi connectivity index (χ1v) is 5.37. The van der Waals surface area contributed by atoms with Gasteiger partial charge in [0.1, 0.15) is 11.6 Å². The minimum absolute atomic E-state index is 0.110. The van der Waals surface area contributed by atoms with Gasteiger partial charge in [0, 0.05) is 12.1 Å². The monoisotopic (exact) mass is 209 g/mol. The van der Waals surface area contributed by atoms with Crippen LogP contribution >= 0.6 is 0 Å². The lowest BCUT2D eigenvalue weighted by Gasteiger charge is -2.20. The molecule has 0 radical (unpaired) electrons. The van der Waals surface area contributed by atoms with Crippen LogP contribution in [0.2, 0.25) is 0 Å². The van der Waals surface area contributed by atoms with E-state index in [9.17, 15) is 4.79 Å². The zero-order valence-electron chi connectivity index (χ0n) is 9.79. The number of aryl methyl sites for hydroxylation is 1. The molecule has 0 aromatic carbocycles. The van der Waals surface area contributed by atoms with Crippen LogP contribution in [0, 0.1) is 12.8 Å². The van der Waals surface area contributed by atoms with Crippen molar-refractivity contribution in [1.29, 1.82) is 0 Å².